The van der Waals surface area contributed by atoms with Crippen LogP contribution in [0.25, 0.3) is 0 Å². The Bertz CT molecular complexity index is 742. The predicted molar refractivity (Wildman–Crippen MR) is 79.9 cm³/mol. The zero-order valence-electron chi connectivity index (χ0n) is 11.0. The molecule has 0 heterocycles. The first kappa shape index (κ1) is 13.6. The smallest absolute Gasteiger partial charge is 0.337 e. The normalized spacial score (nSPS) is 15.8. The second-order valence-corrected chi connectivity index (χ2v) is 5.35. The number of halogens is 1. The van der Waals surface area contributed by atoms with E-state index in [0.29, 0.717) is 5.69 Å². The minimum absolute atomic E-state index is 0.0173. The summed E-state index contributed by atoms with van der Waals surface area (Å²) in [5.41, 5.74) is 2.75. The fraction of sp³-hybridized carbons (Fsp3) is 0.125. The molecule has 21 heavy (non-hydrogen) atoms. The molecule has 0 aliphatic heterocycles. The maximum absolute atomic E-state index is 12.2. The minimum atomic E-state index is -1.09. The van der Waals surface area contributed by atoms with Gasteiger partial charge in [0.05, 0.1) is 16.5 Å². The van der Waals surface area contributed by atoms with Crippen LogP contribution in [-0.4, -0.2) is 17.0 Å². The molecule has 1 atom stereocenters. The van der Waals surface area contributed by atoms with Gasteiger partial charge in [-0.15, -0.1) is 0 Å². The zero-order valence-corrected chi connectivity index (χ0v) is 11.7. The predicted octanol–water partition coefficient (Wildman–Crippen LogP) is 3.32. The average molecular weight is 302 g/mol. The minimum Gasteiger partial charge on any atom is -0.478 e. The van der Waals surface area contributed by atoms with Crippen LogP contribution in [0.15, 0.2) is 42.5 Å². The molecule has 106 valence electrons. The number of carbonyl (C=O) groups is 2. The molecule has 0 fully saturated rings. The summed E-state index contributed by atoms with van der Waals surface area (Å²) in [7, 11) is 0. The van der Waals surface area contributed by atoms with Crippen LogP contribution in [0, 0.1) is 0 Å². The van der Waals surface area contributed by atoms with E-state index < -0.39 is 5.97 Å². The van der Waals surface area contributed by atoms with Gasteiger partial charge in [-0.2, -0.15) is 0 Å². The van der Waals surface area contributed by atoms with Crippen molar-refractivity contribution in [2.45, 2.75) is 12.3 Å². The summed E-state index contributed by atoms with van der Waals surface area (Å²) in [6, 6.07) is 12.2. The largest absolute Gasteiger partial charge is 0.478 e. The number of fused-ring (bicyclic) bond motifs is 1. The van der Waals surface area contributed by atoms with Gasteiger partial charge in [-0.1, -0.05) is 35.9 Å². The summed E-state index contributed by atoms with van der Waals surface area (Å²) in [5.74, 6) is -1.35. The van der Waals surface area contributed by atoms with E-state index in [0.717, 1.165) is 12.0 Å². The number of hydrogen-bond donors (Lipinski definition) is 2. The van der Waals surface area contributed by atoms with Gasteiger partial charge in [0, 0.05) is 5.69 Å². The first-order valence-corrected chi connectivity index (χ1v) is 6.85. The Balaban J connectivity index is 1.75. The van der Waals surface area contributed by atoms with Crippen LogP contribution in [0.3, 0.4) is 0 Å². The Hall–Kier alpha value is -2.33. The molecule has 1 aliphatic carbocycles. The van der Waals surface area contributed by atoms with Crippen molar-refractivity contribution in [2.24, 2.45) is 0 Å². The summed E-state index contributed by atoms with van der Waals surface area (Å²) in [6.07, 6.45) is 0.725. The molecule has 2 N–H and O–H groups in total. The molecular weight excluding hydrogens is 290 g/mol. The Kier molecular flexibility index (Phi) is 3.39. The van der Waals surface area contributed by atoms with Crippen molar-refractivity contribution in [3.05, 3.63) is 64.2 Å². The lowest BCUT2D eigenvalue weighted by Gasteiger charge is -2.28. The van der Waals surface area contributed by atoms with E-state index in [9.17, 15) is 9.59 Å². The van der Waals surface area contributed by atoms with Crippen molar-refractivity contribution in [3.8, 4) is 0 Å². The highest BCUT2D eigenvalue weighted by atomic mass is 35.5. The van der Waals surface area contributed by atoms with Crippen molar-refractivity contribution >= 4 is 29.2 Å². The van der Waals surface area contributed by atoms with Crippen LogP contribution in [0.1, 0.15) is 27.4 Å². The second kappa shape index (κ2) is 5.22. The van der Waals surface area contributed by atoms with Gasteiger partial charge in [0.25, 0.3) is 0 Å². The van der Waals surface area contributed by atoms with E-state index in [2.05, 4.69) is 5.32 Å². The maximum atomic E-state index is 12.2. The standard InChI is InChI=1S/C16H12ClNO3/c17-14-8-10(5-6-12(14)16(20)21)18-15(19)13-7-9-3-1-2-4-11(9)13/h1-6,8,13H,7H2,(H,18,19)(H,20,21). The number of aromatic carboxylic acids is 1. The number of amides is 1. The van der Waals surface area contributed by atoms with Crippen LogP contribution in [0.2, 0.25) is 5.02 Å². The molecule has 3 rings (SSSR count). The molecule has 1 unspecified atom stereocenters. The number of carbonyl (C=O) groups excluding carboxylic acids is 1. The molecule has 0 saturated carbocycles. The SMILES string of the molecule is O=C(O)c1ccc(NC(=O)C2Cc3ccccc32)cc1Cl. The third-order valence-corrected chi connectivity index (χ3v) is 3.95. The van der Waals surface area contributed by atoms with Crippen LogP contribution >= 0.6 is 11.6 Å². The van der Waals surface area contributed by atoms with E-state index in [4.69, 9.17) is 16.7 Å². The first-order chi connectivity index (χ1) is 10.1. The third-order valence-electron chi connectivity index (χ3n) is 3.64. The molecule has 1 amide bonds. The number of benzene rings is 2. The average Bonchev–Trinajstić information content (AvgIpc) is 2.39. The van der Waals surface area contributed by atoms with Gasteiger partial charge in [-0.25, -0.2) is 4.79 Å². The number of hydrogen-bond acceptors (Lipinski definition) is 2. The summed E-state index contributed by atoms with van der Waals surface area (Å²) >= 11 is 5.88. The summed E-state index contributed by atoms with van der Waals surface area (Å²) in [6.45, 7) is 0. The summed E-state index contributed by atoms with van der Waals surface area (Å²) in [5, 5.41) is 11.8. The number of anilines is 1. The fourth-order valence-corrected chi connectivity index (χ4v) is 2.75. The van der Waals surface area contributed by atoms with Crippen LogP contribution in [-0.2, 0) is 11.2 Å². The monoisotopic (exact) mass is 301 g/mol. The van der Waals surface area contributed by atoms with E-state index >= 15 is 0 Å². The number of rotatable bonds is 3. The number of carboxylic acids is 1. The van der Waals surface area contributed by atoms with E-state index in [1.807, 2.05) is 24.3 Å². The van der Waals surface area contributed by atoms with Crippen LogP contribution < -0.4 is 5.32 Å². The Morgan fingerprint density at radius 2 is 1.95 bits per heavy atom. The third kappa shape index (κ3) is 2.50. The lowest BCUT2D eigenvalue weighted by Crippen LogP contribution is -2.30. The highest BCUT2D eigenvalue weighted by molar-refractivity contribution is 6.33. The molecule has 0 spiro atoms. The van der Waals surface area contributed by atoms with Gasteiger partial charge >= 0.3 is 5.97 Å². The molecule has 2 aromatic carbocycles. The summed E-state index contributed by atoms with van der Waals surface area (Å²) in [4.78, 5) is 23.1. The van der Waals surface area contributed by atoms with Crippen molar-refractivity contribution < 1.29 is 14.7 Å². The van der Waals surface area contributed by atoms with Crippen molar-refractivity contribution in [1.29, 1.82) is 0 Å². The van der Waals surface area contributed by atoms with Crippen LogP contribution in [0.5, 0.6) is 0 Å². The summed E-state index contributed by atoms with van der Waals surface area (Å²) < 4.78 is 0. The topological polar surface area (TPSA) is 66.4 Å². The molecule has 0 bridgehead atoms. The molecule has 2 aromatic rings. The quantitative estimate of drug-likeness (QED) is 0.914. The van der Waals surface area contributed by atoms with Crippen LogP contribution in [0.4, 0.5) is 5.69 Å². The van der Waals surface area contributed by atoms with Crippen molar-refractivity contribution in [2.75, 3.05) is 5.32 Å². The molecular formula is C16H12ClNO3. The number of carboxylic acid groups (broad SMARTS) is 1. The molecule has 1 aliphatic rings. The Labute approximate surface area is 126 Å². The first-order valence-electron chi connectivity index (χ1n) is 6.48. The highest BCUT2D eigenvalue weighted by Crippen LogP contribution is 2.35. The molecule has 4 nitrogen and oxygen atoms in total. The van der Waals surface area contributed by atoms with Gasteiger partial charge in [0.1, 0.15) is 0 Å². The molecule has 0 saturated heterocycles. The maximum Gasteiger partial charge on any atom is 0.337 e. The van der Waals surface area contributed by atoms with E-state index in [-0.39, 0.29) is 22.4 Å². The van der Waals surface area contributed by atoms with Gasteiger partial charge in [0.15, 0.2) is 0 Å². The lowest BCUT2D eigenvalue weighted by atomic mass is 9.77. The van der Waals surface area contributed by atoms with Gasteiger partial charge < -0.3 is 10.4 Å². The molecule has 0 aromatic heterocycles. The van der Waals surface area contributed by atoms with Gasteiger partial charge in [-0.3, -0.25) is 4.79 Å². The molecule has 5 heteroatoms. The van der Waals surface area contributed by atoms with E-state index in [1.165, 1.54) is 23.8 Å². The highest BCUT2D eigenvalue weighted by Gasteiger charge is 2.31. The van der Waals surface area contributed by atoms with Crippen molar-refractivity contribution in [3.63, 3.8) is 0 Å². The second-order valence-electron chi connectivity index (χ2n) is 4.94. The lowest BCUT2D eigenvalue weighted by molar-refractivity contribution is -0.118. The fourth-order valence-electron chi connectivity index (χ4n) is 2.49. The Morgan fingerprint density at radius 1 is 1.19 bits per heavy atom. The Morgan fingerprint density at radius 3 is 2.62 bits per heavy atom. The van der Waals surface area contributed by atoms with Gasteiger partial charge in [0.2, 0.25) is 5.91 Å². The van der Waals surface area contributed by atoms with E-state index in [1.54, 1.807) is 0 Å². The molecule has 0 radical (unpaired) electrons. The number of nitrogens with one attached hydrogen (secondary N) is 1. The van der Waals surface area contributed by atoms with Crippen molar-refractivity contribution in [1.82, 2.24) is 0 Å². The van der Waals surface area contributed by atoms with Gasteiger partial charge in [-0.05, 0) is 35.7 Å². The zero-order chi connectivity index (χ0) is 15.0.